The number of ether oxygens (including phenoxy) is 1. The Morgan fingerprint density at radius 3 is 2.68 bits per heavy atom. The Morgan fingerprint density at radius 1 is 1.40 bits per heavy atom. The average Bonchev–Trinajstić information content (AvgIpc) is 2.54. The van der Waals surface area contributed by atoms with Crippen molar-refractivity contribution in [3.63, 3.8) is 0 Å². The van der Waals surface area contributed by atoms with Gasteiger partial charge in [-0.1, -0.05) is 19.1 Å². The van der Waals surface area contributed by atoms with E-state index in [1.165, 1.54) is 18.2 Å². The maximum atomic E-state index is 11.9. The van der Waals surface area contributed by atoms with Crippen molar-refractivity contribution in [3.05, 3.63) is 34.4 Å². The van der Waals surface area contributed by atoms with Crippen molar-refractivity contribution in [2.24, 2.45) is 0 Å². The standard InChI is InChI=1S/C16H21N3O6/c1-2-18(9-16(21)22)12-7-11(8-12)17-15(20)10-25-14-6-4-3-5-13(14)19(23)24/h3-6,11-12H,2,7-10H2,1H3,(H,17,20)(H,21,22). The van der Waals surface area contributed by atoms with Crippen LogP contribution in [0.5, 0.6) is 5.75 Å². The summed E-state index contributed by atoms with van der Waals surface area (Å²) in [5, 5.41) is 22.5. The number of carboxylic acid groups (broad SMARTS) is 1. The number of amides is 1. The van der Waals surface area contributed by atoms with E-state index < -0.39 is 10.9 Å². The number of nitrogens with one attached hydrogen (secondary N) is 1. The molecule has 1 aromatic carbocycles. The molecule has 1 aromatic rings. The first kappa shape index (κ1) is 18.7. The maximum absolute atomic E-state index is 11.9. The lowest BCUT2D eigenvalue weighted by Gasteiger charge is -2.42. The van der Waals surface area contributed by atoms with Crippen LogP contribution in [0.1, 0.15) is 19.8 Å². The average molecular weight is 351 g/mol. The molecule has 0 saturated heterocycles. The summed E-state index contributed by atoms with van der Waals surface area (Å²) < 4.78 is 5.24. The number of hydrogen-bond acceptors (Lipinski definition) is 6. The lowest BCUT2D eigenvalue weighted by Crippen LogP contribution is -2.55. The first-order valence-corrected chi connectivity index (χ1v) is 8.02. The predicted molar refractivity (Wildman–Crippen MR) is 88.4 cm³/mol. The molecule has 2 N–H and O–H groups in total. The van der Waals surface area contributed by atoms with E-state index in [4.69, 9.17) is 9.84 Å². The minimum absolute atomic E-state index is 0.0113. The third-order valence-electron chi connectivity index (χ3n) is 4.16. The van der Waals surface area contributed by atoms with Gasteiger partial charge in [0.05, 0.1) is 11.5 Å². The molecule has 1 amide bonds. The number of likely N-dealkylation sites (N-methyl/N-ethyl adjacent to an activating group) is 1. The van der Waals surface area contributed by atoms with Crippen LogP contribution in [0.25, 0.3) is 0 Å². The van der Waals surface area contributed by atoms with Gasteiger partial charge in [0.15, 0.2) is 12.4 Å². The first-order valence-electron chi connectivity index (χ1n) is 8.02. The molecule has 0 spiro atoms. The van der Waals surface area contributed by atoms with Crippen molar-refractivity contribution in [1.82, 2.24) is 10.2 Å². The molecule has 0 radical (unpaired) electrons. The van der Waals surface area contributed by atoms with Crippen molar-refractivity contribution >= 4 is 17.6 Å². The van der Waals surface area contributed by atoms with E-state index in [0.717, 1.165) is 0 Å². The van der Waals surface area contributed by atoms with Gasteiger partial charge < -0.3 is 15.2 Å². The summed E-state index contributed by atoms with van der Waals surface area (Å²) in [6.07, 6.45) is 1.36. The summed E-state index contributed by atoms with van der Waals surface area (Å²) in [5.74, 6) is -1.18. The van der Waals surface area contributed by atoms with E-state index in [1.54, 1.807) is 6.07 Å². The second kappa shape index (κ2) is 8.43. The van der Waals surface area contributed by atoms with Gasteiger partial charge in [-0.3, -0.25) is 24.6 Å². The fraction of sp³-hybridized carbons (Fsp3) is 0.500. The van der Waals surface area contributed by atoms with E-state index in [-0.39, 0.29) is 42.6 Å². The Morgan fingerprint density at radius 2 is 2.08 bits per heavy atom. The molecule has 1 fully saturated rings. The van der Waals surface area contributed by atoms with Crippen LogP contribution in [0.4, 0.5) is 5.69 Å². The first-order chi connectivity index (χ1) is 11.9. The Balaban J connectivity index is 1.76. The summed E-state index contributed by atoms with van der Waals surface area (Å²) in [6.45, 7) is 2.22. The molecule has 136 valence electrons. The molecule has 1 aliphatic carbocycles. The van der Waals surface area contributed by atoms with Crippen LogP contribution in [-0.2, 0) is 9.59 Å². The number of aliphatic carboxylic acids is 1. The predicted octanol–water partition coefficient (Wildman–Crippen LogP) is 1.03. The molecule has 1 saturated carbocycles. The van der Waals surface area contributed by atoms with Gasteiger partial charge in [0.1, 0.15) is 0 Å². The van der Waals surface area contributed by atoms with Crippen molar-refractivity contribution in [2.75, 3.05) is 19.7 Å². The van der Waals surface area contributed by atoms with Crippen LogP contribution in [-0.4, -0.2) is 58.6 Å². The van der Waals surface area contributed by atoms with Gasteiger partial charge in [-0.15, -0.1) is 0 Å². The molecule has 2 rings (SSSR count). The molecule has 25 heavy (non-hydrogen) atoms. The number of rotatable bonds is 9. The molecule has 1 aliphatic rings. The number of nitrogens with zero attached hydrogens (tertiary/aromatic N) is 2. The van der Waals surface area contributed by atoms with Crippen LogP contribution in [0, 0.1) is 10.1 Å². The van der Waals surface area contributed by atoms with Crippen LogP contribution in [0.15, 0.2) is 24.3 Å². The van der Waals surface area contributed by atoms with Gasteiger partial charge in [0, 0.05) is 18.2 Å². The van der Waals surface area contributed by atoms with Gasteiger partial charge in [-0.05, 0) is 25.5 Å². The van der Waals surface area contributed by atoms with Gasteiger partial charge >= 0.3 is 11.7 Å². The second-order valence-corrected chi connectivity index (χ2v) is 5.86. The Bertz CT molecular complexity index is 645. The summed E-state index contributed by atoms with van der Waals surface area (Å²) in [5.41, 5.74) is -0.189. The fourth-order valence-electron chi connectivity index (χ4n) is 2.82. The molecular weight excluding hydrogens is 330 g/mol. The quantitative estimate of drug-likeness (QED) is 0.503. The second-order valence-electron chi connectivity index (χ2n) is 5.86. The summed E-state index contributed by atoms with van der Waals surface area (Å²) in [6, 6.07) is 5.98. The Hall–Kier alpha value is -2.68. The normalized spacial score (nSPS) is 19.1. The van der Waals surface area contributed by atoms with Gasteiger partial charge in [0.25, 0.3) is 5.91 Å². The number of nitro benzene ring substituents is 1. The summed E-state index contributed by atoms with van der Waals surface area (Å²) >= 11 is 0. The zero-order valence-electron chi connectivity index (χ0n) is 13.9. The zero-order chi connectivity index (χ0) is 18.4. The molecule has 0 bridgehead atoms. The highest BCUT2D eigenvalue weighted by molar-refractivity contribution is 5.78. The van der Waals surface area contributed by atoms with E-state index in [9.17, 15) is 19.7 Å². The van der Waals surface area contributed by atoms with Gasteiger partial charge in [0.2, 0.25) is 0 Å². The molecule has 0 aromatic heterocycles. The molecule has 0 atom stereocenters. The number of carbonyl (C=O) groups is 2. The van der Waals surface area contributed by atoms with Crippen molar-refractivity contribution in [2.45, 2.75) is 31.8 Å². The van der Waals surface area contributed by atoms with Crippen molar-refractivity contribution in [1.29, 1.82) is 0 Å². The molecule has 9 heteroatoms. The smallest absolute Gasteiger partial charge is 0.317 e. The van der Waals surface area contributed by atoms with Gasteiger partial charge in [-0.25, -0.2) is 0 Å². The van der Waals surface area contributed by atoms with Gasteiger partial charge in [-0.2, -0.15) is 0 Å². The molecule has 0 aliphatic heterocycles. The number of para-hydroxylation sites is 2. The minimum atomic E-state index is -0.868. The minimum Gasteiger partial charge on any atom is -0.480 e. The number of nitro groups is 1. The van der Waals surface area contributed by atoms with Crippen LogP contribution >= 0.6 is 0 Å². The third kappa shape index (κ3) is 5.15. The third-order valence-corrected chi connectivity index (χ3v) is 4.16. The fourth-order valence-corrected chi connectivity index (χ4v) is 2.82. The topological polar surface area (TPSA) is 122 Å². The highest BCUT2D eigenvalue weighted by atomic mass is 16.6. The Labute approximate surface area is 144 Å². The van der Waals surface area contributed by atoms with Crippen LogP contribution < -0.4 is 10.1 Å². The lowest BCUT2D eigenvalue weighted by atomic mass is 9.85. The largest absolute Gasteiger partial charge is 0.480 e. The van der Waals surface area contributed by atoms with E-state index in [1.807, 2.05) is 11.8 Å². The number of hydrogen-bond donors (Lipinski definition) is 2. The van der Waals surface area contributed by atoms with Crippen LogP contribution in [0.3, 0.4) is 0 Å². The number of benzene rings is 1. The lowest BCUT2D eigenvalue weighted by molar-refractivity contribution is -0.385. The SMILES string of the molecule is CCN(CC(=O)O)C1CC(NC(=O)COc2ccccc2[N+](=O)[O-])C1. The van der Waals surface area contributed by atoms with Crippen molar-refractivity contribution in [3.8, 4) is 5.75 Å². The maximum Gasteiger partial charge on any atom is 0.317 e. The number of carbonyl (C=O) groups excluding carboxylic acids is 1. The van der Waals surface area contributed by atoms with E-state index in [0.29, 0.717) is 19.4 Å². The molecule has 0 unspecified atom stereocenters. The highest BCUT2D eigenvalue weighted by Gasteiger charge is 2.34. The highest BCUT2D eigenvalue weighted by Crippen LogP contribution is 2.27. The molecule has 9 nitrogen and oxygen atoms in total. The number of carboxylic acids is 1. The summed E-state index contributed by atoms with van der Waals surface area (Å²) in [7, 11) is 0. The Kier molecular flexibility index (Phi) is 6.29. The molecule has 0 heterocycles. The van der Waals surface area contributed by atoms with E-state index >= 15 is 0 Å². The summed E-state index contributed by atoms with van der Waals surface area (Å²) in [4.78, 5) is 34.9. The van der Waals surface area contributed by atoms with Crippen molar-refractivity contribution < 1.29 is 24.4 Å². The molecular formula is C16H21N3O6. The zero-order valence-corrected chi connectivity index (χ0v) is 13.9. The monoisotopic (exact) mass is 351 g/mol. The van der Waals surface area contributed by atoms with Crippen LogP contribution in [0.2, 0.25) is 0 Å². The van der Waals surface area contributed by atoms with E-state index in [2.05, 4.69) is 5.32 Å².